The summed E-state index contributed by atoms with van der Waals surface area (Å²) in [6.45, 7) is 0. The van der Waals surface area contributed by atoms with Gasteiger partial charge in [-0.05, 0) is 67.3 Å². The molecule has 1 fully saturated rings. The summed E-state index contributed by atoms with van der Waals surface area (Å²) in [5.41, 5.74) is 1.67. The third-order valence-corrected chi connectivity index (χ3v) is 7.29. The number of carbonyl (C=O) groups is 1. The van der Waals surface area contributed by atoms with Crippen molar-refractivity contribution in [2.24, 2.45) is 5.92 Å². The van der Waals surface area contributed by atoms with E-state index in [9.17, 15) is 13.2 Å². The van der Waals surface area contributed by atoms with Gasteiger partial charge in [0.05, 0.1) is 13.2 Å². The fourth-order valence-corrected chi connectivity index (χ4v) is 4.60. The first-order valence-electron chi connectivity index (χ1n) is 9.69. The Balaban J connectivity index is 1.77. The summed E-state index contributed by atoms with van der Waals surface area (Å²) in [6, 6.07) is 12.7. The summed E-state index contributed by atoms with van der Waals surface area (Å²) in [5, 5.41) is 3.11. The number of halogens is 1. The van der Waals surface area contributed by atoms with Crippen LogP contribution in [-0.2, 0) is 14.8 Å². The third kappa shape index (κ3) is 5.30. The van der Waals surface area contributed by atoms with Crippen LogP contribution in [0.2, 0.25) is 0 Å². The number of nitrogens with one attached hydrogen (secondary N) is 2. The summed E-state index contributed by atoms with van der Waals surface area (Å²) in [5.74, 6) is 0.451. The maximum atomic E-state index is 12.6. The fourth-order valence-electron chi connectivity index (χ4n) is 3.41. The van der Waals surface area contributed by atoms with E-state index in [0.29, 0.717) is 11.5 Å². The highest BCUT2D eigenvalue weighted by molar-refractivity contribution is 9.10. The molecule has 0 heterocycles. The molecule has 0 aliphatic heterocycles. The minimum Gasteiger partial charge on any atom is -0.495 e. The van der Waals surface area contributed by atoms with Gasteiger partial charge in [-0.2, -0.15) is 0 Å². The fraction of sp³-hybridized carbons (Fsp3) is 0.318. The second-order valence-corrected chi connectivity index (χ2v) is 9.95. The van der Waals surface area contributed by atoms with Gasteiger partial charge in [0, 0.05) is 10.5 Å². The number of methoxy groups -OCH3 is 1. The second kappa shape index (κ2) is 9.76. The van der Waals surface area contributed by atoms with Gasteiger partial charge in [0.25, 0.3) is 0 Å². The molecule has 2 N–H and O–H groups in total. The minimum atomic E-state index is -3.68. The molecule has 0 bridgehead atoms. The molecular formula is C22H25BrN2O4S. The largest absolute Gasteiger partial charge is 0.495 e. The molecule has 6 nitrogen and oxygen atoms in total. The number of amides is 1. The average molecular weight is 493 g/mol. The SMILES string of the molecule is CNS(=O)(=O)c1cc(/C=C/C(=O)NC(c2ccc(Br)cc2)C2CCC2)ccc1OC. The summed E-state index contributed by atoms with van der Waals surface area (Å²) >= 11 is 3.44. The molecule has 3 rings (SSSR count). The topological polar surface area (TPSA) is 84.5 Å². The molecule has 1 unspecified atom stereocenters. The Labute approximate surface area is 185 Å². The lowest BCUT2D eigenvalue weighted by molar-refractivity contribution is -0.117. The highest BCUT2D eigenvalue weighted by Gasteiger charge is 2.29. The summed E-state index contributed by atoms with van der Waals surface area (Å²) < 4.78 is 32.9. The highest BCUT2D eigenvalue weighted by atomic mass is 79.9. The van der Waals surface area contributed by atoms with E-state index in [2.05, 4.69) is 26.0 Å². The molecule has 1 amide bonds. The maximum absolute atomic E-state index is 12.6. The Morgan fingerprint density at radius 3 is 2.47 bits per heavy atom. The Hall–Kier alpha value is -2.16. The van der Waals surface area contributed by atoms with Crippen molar-refractivity contribution in [3.8, 4) is 5.75 Å². The number of rotatable bonds is 8. The molecule has 0 aromatic heterocycles. The zero-order chi connectivity index (χ0) is 21.7. The Kier molecular flexibility index (Phi) is 7.33. The van der Waals surface area contributed by atoms with Crippen LogP contribution in [-0.4, -0.2) is 28.5 Å². The molecule has 1 aliphatic carbocycles. The molecule has 1 aliphatic rings. The molecule has 0 radical (unpaired) electrons. The van der Waals surface area contributed by atoms with Gasteiger partial charge < -0.3 is 10.1 Å². The predicted molar refractivity (Wildman–Crippen MR) is 121 cm³/mol. The zero-order valence-electron chi connectivity index (χ0n) is 16.9. The van der Waals surface area contributed by atoms with Crippen LogP contribution < -0.4 is 14.8 Å². The molecule has 2 aromatic carbocycles. The lowest BCUT2D eigenvalue weighted by atomic mass is 9.77. The van der Waals surface area contributed by atoms with E-state index in [4.69, 9.17) is 4.74 Å². The number of ether oxygens (including phenoxy) is 1. The van der Waals surface area contributed by atoms with Crippen molar-refractivity contribution in [1.82, 2.24) is 10.0 Å². The zero-order valence-corrected chi connectivity index (χ0v) is 19.3. The van der Waals surface area contributed by atoms with Crippen molar-refractivity contribution in [3.63, 3.8) is 0 Å². The molecule has 8 heteroatoms. The van der Waals surface area contributed by atoms with Crippen LogP contribution in [0.5, 0.6) is 5.75 Å². The normalized spacial score (nSPS) is 15.6. The van der Waals surface area contributed by atoms with E-state index in [-0.39, 0.29) is 22.6 Å². The highest BCUT2D eigenvalue weighted by Crippen LogP contribution is 2.38. The summed E-state index contributed by atoms with van der Waals surface area (Å²) in [6.07, 6.45) is 6.39. The van der Waals surface area contributed by atoms with E-state index in [1.54, 1.807) is 18.2 Å². The quantitative estimate of drug-likeness (QED) is 0.544. The van der Waals surface area contributed by atoms with Crippen LogP contribution in [0, 0.1) is 5.92 Å². The van der Waals surface area contributed by atoms with Crippen molar-refractivity contribution in [1.29, 1.82) is 0 Å². The monoisotopic (exact) mass is 492 g/mol. The van der Waals surface area contributed by atoms with Gasteiger partial charge >= 0.3 is 0 Å². The number of carbonyl (C=O) groups excluding carboxylic acids is 1. The standard InChI is InChI=1S/C22H25BrN2O4S/c1-24-30(27,28)20-14-15(6-12-19(20)29-2)7-13-21(26)25-22(16-4-3-5-16)17-8-10-18(23)11-9-17/h6-14,16,22,24H,3-5H2,1-2H3,(H,25,26)/b13-7+. The maximum Gasteiger partial charge on any atom is 0.244 e. The van der Waals surface area contributed by atoms with E-state index in [0.717, 1.165) is 22.9 Å². The number of sulfonamides is 1. The molecule has 1 saturated carbocycles. The van der Waals surface area contributed by atoms with Crippen LogP contribution in [0.15, 0.2) is 57.9 Å². The van der Waals surface area contributed by atoms with Gasteiger partial charge in [0.2, 0.25) is 15.9 Å². The van der Waals surface area contributed by atoms with Gasteiger partial charge in [-0.25, -0.2) is 13.1 Å². The second-order valence-electron chi connectivity index (χ2n) is 7.18. The van der Waals surface area contributed by atoms with E-state index in [1.807, 2.05) is 24.3 Å². The number of hydrogen-bond donors (Lipinski definition) is 2. The predicted octanol–water partition coefficient (Wildman–Crippen LogP) is 4.04. The van der Waals surface area contributed by atoms with Crippen molar-refractivity contribution < 1.29 is 17.9 Å². The molecule has 0 spiro atoms. The Bertz CT molecular complexity index is 1030. The molecular weight excluding hydrogens is 468 g/mol. The molecule has 160 valence electrons. The Morgan fingerprint density at radius 2 is 1.90 bits per heavy atom. The Morgan fingerprint density at radius 1 is 1.20 bits per heavy atom. The minimum absolute atomic E-state index is 0.0252. The van der Waals surface area contributed by atoms with Gasteiger partial charge in [-0.3, -0.25) is 4.79 Å². The molecule has 0 saturated heterocycles. The van der Waals surface area contributed by atoms with Crippen molar-refractivity contribution >= 4 is 37.9 Å². The molecule has 30 heavy (non-hydrogen) atoms. The third-order valence-electron chi connectivity index (χ3n) is 5.32. The van der Waals surface area contributed by atoms with Crippen LogP contribution in [0.3, 0.4) is 0 Å². The summed E-state index contributed by atoms with van der Waals surface area (Å²) in [7, 11) is -0.928. The van der Waals surface area contributed by atoms with Crippen LogP contribution in [0.4, 0.5) is 0 Å². The number of benzene rings is 2. The van der Waals surface area contributed by atoms with Gasteiger partial charge in [-0.15, -0.1) is 0 Å². The molecule has 1 atom stereocenters. The van der Waals surface area contributed by atoms with Crippen molar-refractivity contribution in [2.75, 3.05) is 14.2 Å². The first kappa shape index (κ1) is 22.5. The van der Waals surface area contributed by atoms with Gasteiger partial charge in [0.15, 0.2) is 0 Å². The van der Waals surface area contributed by atoms with Crippen LogP contribution in [0.25, 0.3) is 6.08 Å². The number of hydrogen-bond acceptors (Lipinski definition) is 4. The van der Waals surface area contributed by atoms with Crippen LogP contribution in [0.1, 0.15) is 36.4 Å². The van der Waals surface area contributed by atoms with E-state index >= 15 is 0 Å². The summed E-state index contributed by atoms with van der Waals surface area (Å²) in [4.78, 5) is 12.6. The average Bonchev–Trinajstić information content (AvgIpc) is 2.71. The van der Waals surface area contributed by atoms with Crippen molar-refractivity contribution in [3.05, 3.63) is 64.1 Å². The van der Waals surface area contributed by atoms with Crippen LogP contribution >= 0.6 is 15.9 Å². The molecule has 2 aromatic rings. The van der Waals surface area contributed by atoms with Gasteiger partial charge in [0.1, 0.15) is 10.6 Å². The lowest BCUT2D eigenvalue weighted by Crippen LogP contribution is -2.35. The lowest BCUT2D eigenvalue weighted by Gasteiger charge is -2.34. The first-order chi connectivity index (χ1) is 14.3. The first-order valence-corrected chi connectivity index (χ1v) is 12.0. The smallest absolute Gasteiger partial charge is 0.244 e. The van der Waals surface area contributed by atoms with E-state index < -0.39 is 10.0 Å². The van der Waals surface area contributed by atoms with E-state index in [1.165, 1.54) is 32.7 Å². The van der Waals surface area contributed by atoms with Gasteiger partial charge in [-0.1, -0.05) is 40.5 Å². The van der Waals surface area contributed by atoms with Crippen molar-refractivity contribution in [2.45, 2.75) is 30.2 Å².